The van der Waals surface area contributed by atoms with Gasteiger partial charge in [0.1, 0.15) is 21.2 Å². The number of H-pyrrole nitrogens is 2. The van der Waals surface area contributed by atoms with Crippen molar-refractivity contribution >= 4 is 43.6 Å². The average Bonchev–Trinajstić information content (AvgIpc) is 3.58. The zero-order chi connectivity index (χ0) is 30.4. The largest absolute Gasteiger partial charge is 0.335 e. The van der Waals surface area contributed by atoms with Crippen molar-refractivity contribution in [2.45, 2.75) is 25.7 Å². The van der Waals surface area contributed by atoms with Crippen molar-refractivity contribution in [1.29, 1.82) is 0 Å². The predicted octanol–water partition coefficient (Wildman–Crippen LogP) is 5.09. The summed E-state index contributed by atoms with van der Waals surface area (Å²) >= 11 is 0. The number of hydrogen-bond acceptors (Lipinski definition) is 8. The molecule has 0 aliphatic heterocycles. The van der Waals surface area contributed by atoms with Crippen molar-refractivity contribution in [2.24, 2.45) is 5.92 Å². The Kier molecular flexibility index (Phi) is 6.88. The second-order valence-electron chi connectivity index (χ2n) is 11.1. The highest BCUT2D eigenvalue weighted by Crippen LogP contribution is 2.33. The number of rotatable bonds is 8. The Hall–Kier alpha value is -5.04. The summed E-state index contributed by atoms with van der Waals surface area (Å²) in [5, 5.41) is 10.4. The smallest absolute Gasteiger partial charge is 0.227 e. The van der Waals surface area contributed by atoms with Gasteiger partial charge in [-0.3, -0.25) is 14.9 Å². The molecular formula is C31H27FN8O3S. The van der Waals surface area contributed by atoms with E-state index in [9.17, 15) is 17.6 Å². The molecule has 1 fully saturated rings. The number of fused-ring (bicyclic) bond motifs is 2. The Balaban J connectivity index is 1.23. The summed E-state index contributed by atoms with van der Waals surface area (Å²) in [6.45, 7) is 0. The number of pyridine rings is 3. The first-order valence-electron chi connectivity index (χ1n) is 14.1. The van der Waals surface area contributed by atoms with E-state index in [1.165, 1.54) is 12.1 Å². The third-order valence-corrected chi connectivity index (χ3v) is 8.78. The maximum Gasteiger partial charge on any atom is 0.227 e. The van der Waals surface area contributed by atoms with Gasteiger partial charge in [0, 0.05) is 35.7 Å². The van der Waals surface area contributed by atoms with E-state index in [-0.39, 0.29) is 24.0 Å². The van der Waals surface area contributed by atoms with Crippen LogP contribution in [0.15, 0.2) is 61.1 Å². The molecule has 1 aliphatic rings. The molecule has 0 unspecified atom stereocenters. The molecular weight excluding hydrogens is 583 g/mol. The van der Waals surface area contributed by atoms with Gasteiger partial charge in [0.2, 0.25) is 5.91 Å². The molecule has 7 rings (SSSR count). The van der Waals surface area contributed by atoms with Crippen LogP contribution < -0.4 is 5.32 Å². The van der Waals surface area contributed by atoms with E-state index in [0.717, 1.165) is 31.1 Å². The normalized spacial score (nSPS) is 13.8. The molecule has 5 aromatic heterocycles. The van der Waals surface area contributed by atoms with Gasteiger partial charge in [-0.15, -0.1) is 0 Å². The third kappa shape index (κ3) is 5.53. The molecule has 1 aromatic carbocycles. The van der Waals surface area contributed by atoms with Crippen molar-refractivity contribution in [3.63, 3.8) is 0 Å². The highest BCUT2D eigenvalue weighted by molar-refractivity contribution is 7.90. The molecule has 0 atom stereocenters. The number of carbonyl (C=O) groups is 1. The van der Waals surface area contributed by atoms with Crippen molar-refractivity contribution in [2.75, 3.05) is 17.3 Å². The summed E-state index contributed by atoms with van der Waals surface area (Å²) in [5.74, 6) is -0.0525. The predicted molar refractivity (Wildman–Crippen MR) is 165 cm³/mol. The van der Waals surface area contributed by atoms with Crippen molar-refractivity contribution in [3.8, 4) is 33.9 Å². The molecule has 6 aromatic rings. The molecule has 0 saturated heterocycles. The van der Waals surface area contributed by atoms with Crippen LogP contribution in [0.4, 0.5) is 10.1 Å². The van der Waals surface area contributed by atoms with Crippen LogP contribution in [0.25, 0.3) is 56.1 Å². The van der Waals surface area contributed by atoms with Gasteiger partial charge in [-0.1, -0.05) is 12.5 Å². The van der Waals surface area contributed by atoms with Crippen LogP contribution in [0.3, 0.4) is 0 Å². The minimum Gasteiger partial charge on any atom is -0.335 e. The molecule has 3 N–H and O–H groups in total. The minimum atomic E-state index is -3.20. The standard InChI is InChI=1S/C31H27FN8O3S/c1-44(42,43)10-8-17-11-19(13-21(32)12-17)23-7-9-34-29-26(23)37-30(38-29)28-27-25(39-40-28)6-5-24(36-27)20-14-22(16-33-15-20)35-31(41)18-3-2-4-18/h5-7,9,11-16,18H,2-4,8,10H2,1H3,(H,35,41)(H,39,40)(H,34,37,38). The van der Waals surface area contributed by atoms with Crippen LogP contribution in [-0.4, -0.2) is 61.5 Å². The molecule has 0 spiro atoms. The van der Waals surface area contributed by atoms with Crippen LogP contribution in [0.2, 0.25) is 0 Å². The zero-order valence-corrected chi connectivity index (χ0v) is 24.4. The number of hydrogen-bond donors (Lipinski definition) is 3. The maximum atomic E-state index is 14.6. The van der Waals surface area contributed by atoms with Gasteiger partial charge in [0.15, 0.2) is 17.2 Å². The van der Waals surface area contributed by atoms with Crippen LogP contribution >= 0.6 is 0 Å². The number of aromatic nitrogens is 7. The van der Waals surface area contributed by atoms with Gasteiger partial charge < -0.3 is 10.3 Å². The van der Waals surface area contributed by atoms with Gasteiger partial charge in [-0.05, 0) is 66.8 Å². The van der Waals surface area contributed by atoms with Gasteiger partial charge in [0.05, 0.1) is 34.4 Å². The molecule has 1 aliphatic carbocycles. The Morgan fingerprint density at radius 1 is 1.07 bits per heavy atom. The molecule has 44 heavy (non-hydrogen) atoms. The second-order valence-corrected chi connectivity index (χ2v) is 13.4. The monoisotopic (exact) mass is 610 g/mol. The van der Waals surface area contributed by atoms with E-state index in [0.29, 0.717) is 61.8 Å². The van der Waals surface area contributed by atoms with Crippen LogP contribution in [0.1, 0.15) is 24.8 Å². The number of halogens is 1. The fourth-order valence-corrected chi connectivity index (χ4v) is 5.91. The second kappa shape index (κ2) is 10.9. The maximum absolute atomic E-state index is 14.6. The Labute approximate surface area is 251 Å². The van der Waals surface area contributed by atoms with E-state index in [1.54, 1.807) is 30.7 Å². The number of nitrogens with zero attached hydrogens (tertiary/aromatic N) is 5. The van der Waals surface area contributed by atoms with Gasteiger partial charge in [0.25, 0.3) is 0 Å². The fourth-order valence-electron chi connectivity index (χ4n) is 5.31. The lowest BCUT2D eigenvalue weighted by molar-refractivity contribution is -0.122. The van der Waals surface area contributed by atoms with Gasteiger partial charge >= 0.3 is 0 Å². The van der Waals surface area contributed by atoms with Gasteiger partial charge in [-0.2, -0.15) is 5.10 Å². The summed E-state index contributed by atoms with van der Waals surface area (Å²) in [7, 11) is -3.20. The van der Waals surface area contributed by atoms with Crippen LogP contribution in [-0.2, 0) is 21.1 Å². The number of sulfone groups is 1. The summed E-state index contributed by atoms with van der Waals surface area (Å²) < 4.78 is 38.0. The molecule has 11 nitrogen and oxygen atoms in total. The van der Waals surface area contributed by atoms with E-state index in [2.05, 4.69) is 35.5 Å². The molecule has 0 bridgehead atoms. The first kappa shape index (κ1) is 27.8. The highest BCUT2D eigenvalue weighted by atomic mass is 32.2. The van der Waals surface area contributed by atoms with E-state index in [1.807, 2.05) is 18.2 Å². The van der Waals surface area contributed by atoms with E-state index < -0.39 is 15.7 Å². The number of imidazole rings is 1. The lowest BCUT2D eigenvalue weighted by Crippen LogP contribution is -2.28. The molecule has 13 heteroatoms. The number of nitrogens with one attached hydrogen (secondary N) is 3. The molecule has 222 valence electrons. The minimum absolute atomic E-state index is 0.0111. The van der Waals surface area contributed by atoms with Crippen molar-refractivity contribution < 1.29 is 17.6 Å². The quantitative estimate of drug-likeness (QED) is 0.215. The first-order chi connectivity index (χ1) is 21.2. The Bertz CT molecular complexity index is 2170. The number of carbonyl (C=O) groups excluding carboxylic acids is 1. The lowest BCUT2D eigenvalue weighted by Gasteiger charge is -2.24. The van der Waals surface area contributed by atoms with Crippen molar-refractivity contribution in [3.05, 3.63) is 72.4 Å². The molecule has 5 heterocycles. The van der Waals surface area contributed by atoms with E-state index >= 15 is 0 Å². The number of aromatic amines is 2. The van der Waals surface area contributed by atoms with Crippen molar-refractivity contribution in [1.82, 2.24) is 35.1 Å². The number of benzene rings is 1. The average molecular weight is 611 g/mol. The third-order valence-electron chi connectivity index (χ3n) is 7.83. The SMILES string of the molecule is CS(=O)(=O)CCc1cc(F)cc(-c2ccnc3nc(-c4n[nH]c5ccc(-c6cncc(NC(=O)C7CCC7)c6)nc45)[nH]c23)c1. The van der Waals surface area contributed by atoms with Crippen LogP contribution in [0, 0.1) is 11.7 Å². The van der Waals surface area contributed by atoms with Gasteiger partial charge in [-0.25, -0.2) is 27.8 Å². The molecule has 1 saturated carbocycles. The zero-order valence-electron chi connectivity index (χ0n) is 23.6. The molecule has 0 radical (unpaired) electrons. The van der Waals surface area contributed by atoms with Crippen LogP contribution in [0.5, 0.6) is 0 Å². The Morgan fingerprint density at radius 3 is 2.73 bits per heavy atom. The summed E-state index contributed by atoms with van der Waals surface area (Å²) in [4.78, 5) is 34.0. The first-order valence-corrected chi connectivity index (χ1v) is 16.2. The number of anilines is 1. The summed E-state index contributed by atoms with van der Waals surface area (Å²) in [5.41, 5.74) is 6.52. The fraction of sp³-hybridized carbons (Fsp3) is 0.226. The highest BCUT2D eigenvalue weighted by Gasteiger charge is 2.25. The number of aryl methyl sites for hydroxylation is 1. The topological polar surface area (TPSA) is 159 Å². The summed E-state index contributed by atoms with van der Waals surface area (Å²) in [6, 6.07) is 11.8. The molecule has 1 amide bonds. The number of amides is 1. The van der Waals surface area contributed by atoms with E-state index in [4.69, 9.17) is 4.98 Å². The summed E-state index contributed by atoms with van der Waals surface area (Å²) in [6.07, 6.45) is 9.15. The Morgan fingerprint density at radius 2 is 1.93 bits per heavy atom. The lowest BCUT2D eigenvalue weighted by atomic mass is 9.85.